The number of amides is 2. The van der Waals surface area contributed by atoms with E-state index in [1.54, 1.807) is 31.4 Å². The topological polar surface area (TPSA) is 76.0 Å². The number of aromatic nitrogens is 2. The SMILES string of the molecule is Cn1cc(NC(=O)Nc2ccccn2)cc(Cl)c1=O. The first-order chi connectivity index (χ1) is 9.06. The molecule has 0 aliphatic rings. The number of hydrogen-bond donors (Lipinski definition) is 2. The van der Waals surface area contributed by atoms with Gasteiger partial charge in [0.15, 0.2) is 0 Å². The van der Waals surface area contributed by atoms with Crippen molar-refractivity contribution < 1.29 is 4.79 Å². The van der Waals surface area contributed by atoms with Crippen LogP contribution in [0.4, 0.5) is 16.3 Å². The largest absolute Gasteiger partial charge is 0.324 e. The molecular weight excluding hydrogens is 268 g/mol. The zero-order valence-electron chi connectivity index (χ0n) is 10.1. The Morgan fingerprint density at radius 2 is 2.16 bits per heavy atom. The molecule has 98 valence electrons. The van der Waals surface area contributed by atoms with Crippen LogP contribution in [0.3, 0.4) is 0 Å². The molecule has 19 heavy (non-hydrogen) atoms. The fourth-order valence-electron chi connectivity index (χ4n) is 1.45. The van der Waals surface area contributed by atoms with Crippen LogP contribution in [0.15, 0.2) is 41.5 Å². The van der Waals surface area contributed by atoms with Crippen LogP contribution in [-0.4, -0.2) is 15.6 Å². The predicted molar refractivity (Wildman–Crippen MR) is 73.6 cm³/mol. The molecule has 2 heterocycles. The molecule has 0 bridgehead atoms. The first-order valence-corrected chi connectivity index (χ1v) is 5.79. The van der Waals surface area contributed by atoms with Gasteiger partial charge in [0.25, 0.3) is 5.56 Å². The summed E-state index contributed by atoms with van der Waals surface area (Å²) >= 11 is 5.75. The van der Waals surface area contributed by atoms with E-state index in [0.29, 0.717) is 11.5 Å². The zero-order chi connectivity index (χ0) is 13.8. The normalized spacial score (nSPS) is 10.0. The van der Waals surface area contributed by atoms with Crippen molar-refractivity contribution in [1.29, 1.82) is 0 Å². The van der Waals surface area contributed by atoms with E-state index in [9.17, 15) is 9.59 Å². The third-order valence-corrected chi connectivity index (χ3v) is 2.57. The lowest BCUT2D eigenvalue weighted by Crippen LogP contribution is -2.22. The predicted octanol–water partition coefficient (Wildman–Crippen LogP) is 2.08. The van der Waals surface area contributed by atoms with Gasteiger partial charge in [-0.2, -0.15) is 0 Å². The van der Waals surface area contributed by atoms with E-state index in [0.717, 1.165) is 0 Å². The number of hydrogen-bond acceptors (Lipinski definition) is 3. The summed E-state index contributed by atoms with van der Waals surface area (Å²) in [7, 11) is 1.55. The van der Waals surface area contributed by atoms with Gasteiger partial charge < -0.3 is 9.88 Å². The van der Waals surface area contributed by atoms with Gasteiger partial charge in [0, 0.05) is 19.4 Å². The highest BCUT2D eigenvalue weighted by Gasteiger charge is 2.06. The highest BCUT2D eigenvalue weighted by Crippen LogP contribution is 2.11. The molecule has 2 aromatic rings. The van der Waals surface area contributed by atoms with E-state index in [-0.39, 0.29) is 10.6 Å². The number of nitrogens with zero attached hydrogens (tertiary/aromatic N) is 2. The minimum atomic E-state index is -0.464. The van der Waals surface area contributed by atoms with Gasteiger partial charge >= 0.3 is 6.03 Å². The van der Waals surface area contributed by atoms with Crippen LogP contribution < -0.4 is 16.2 Å². The Morgan fingerprint density at radius 3 is 2.79 bits per heavy atom. The molecule has 0 unspecified atom stereocenters. The molecule has 0 fully saturated rings. The van der Waals surface area contributed by atoms with Crippen LogP contribution in [0.2, 0.25) is 5.02 Å². The van der Waals surface area contributed by atoms with Gasteiger partial charge in [-0.25, -0.2) is 9.78 Å². The van der Waals surface area contributed by atoms with E-state index in [1.807, 2.05) is 0 Å². The fraction of sp³-hybridized carbons (Fsp3) is 0.0833. The number of nitrogens with one attached hydrogen (secondary N) is 2. The van der Waals surface area contributed by atoms with Crippen molar-refractivity contribution in [1.82, 2.24) is 9.55 Å². The zero-order valence-corrected chi connectivity index (χ0v) is 10.8. The number of carbonyl (C=O) groups is 1. The maximum atomic E-state index is 11.7. The average molecular weight is 279 g/mol. The number of rotatable bonds is 2. The maximum Gasteiger partial charge on any atom is 0.324 e. The molecular formula is C12H11ClN4O2. The summed E-state index contributed by atoms with van der Waals surface area (Å²) in [6.45, 7) is 0. The van der Waals surface area contributed by atoms with Crippen LogP contribution in [0.5, 0.6) is 0 Å². The number of aryl methyl sites for hydroxylation is 1. The Kier molecular flexibility index (Phi) is 3.82. The molecule has 2 rings (SSSR count). The molecule has 2 amide bonds. The van der Waals surface area contributed by atoms with Crippen molar-refractivity contribution in [2.75, 3.05) is 10.6 Å². The summed E-state index contributed by atoms with van der Waals surface area (Å²) in [5.74, 6) is 0.427. The maximum absolute atomic E-state index is 11.7. The molecule has 7 heteroatoms. The molecule has 2 aromatic heterocycles. The number of urea groups is 1. The van der Waals surface area contributed by atoms with Crippen molar-refractivity contribution in [2.45, 2.75) is 0 Å². The smallest absolute Gasteiger partial charge is 0.315 e. The second-order valence-corrected chi connectivity index (χ2v) is 4.19. The minimum absolute atomic E-state index is 0.0399. The number of carbonyl (C=O) groups excluding carboxylic acids is 1. The van der Waals surface area contributed by atoms with Crippen LogP contribution in [0.25, 0.3) is 0 Å². The van der Waals surface area contributed by atoms with Crippen molar-refractivity contribution in [2.24, 2.45) is 7.05 Å². The molecule has 0 spiro atoms. The number of pyridine rings is 2. The molecule has 6 nitrogen and oxygen atoms in total. The Hall–Kier alpha value is -2.34. The lowest BCUT2D eigenvalue weighted by atomic mass is 10.4. The standard InChI is InChI=1S/C12H11ClN4O2/c1-17-7-8(6-9(13)11(17)18)15-12(19)16-10-4-2-3-5-14-10/h2-7H,1H3,(H2,14,15,16,19). The van der Waals surface area contributed by atoms with Gasteiger partial charge in [-0.1, -0.05) is 17.7 Å². The second kappa shape index (κ2) is 5.53. The summed E-state index contributed by atoms with van der Waals surface area (Å²) in [4.78, 5) is 27.0. The first kappa shape index (κ1) is 13.1. The highest BCUT2D eigenvalue weighted by atomic mass is 35.5. The number of halogens is 1. The van der Waals surface area contributed by atoms with Crippen molar-refractivity contribution in [3.8, 4) is 0 Å². The molecule has 0 saturated heterocycles. The van der Waals surface area contributed by atoms with Gasteiger partial charge in [-0.05, 0) is 18.2 Å². The average Bonchev–Trinajstić information content (AvgIpc) is 2.37. The quantitative estimate of drug-likeness (QED) is 0.883. The molecule has 0 aliphatic heterocycles. The van der Waals surface area contributed by atoms with E-state index >= 15 is 0 Å². The molecule has 0 radical (unpaired) electrons. The molecule has 0 saturated carbocycles. The van der Waals surface area contributed by atoms with Gasteiger partial charge in [-0.15, -0.1) is 0 Å². The molecule has 0 aliphatic carbocycles. The van der Waals surface area contributed by atoms with E-state index in [1.165, 1.54) is 16.8 Å². The number of anilines is 2. The summed E-state index contributed by atoms with van der Waals surface area (Å²) in [6.07, 6.45) is 3.05. The lowest BCUT2D eigenvalue weighted by Gasteiger charge is -2.08. The Labute approximate surface area is 114 Å². The summed E-state index contributed by atoms with van der Waals surface area (Å²) < 4.78 is 1.29. The van der Waals surface area contributed by atoms with Crippen molar-refractivity contribution in [3.63, 3.8) is 0 Å². The Balaban J connectivity index is 2.09. The van der Waals surface area contributed by atoms with Gasteiger partial charge in [0.05, 0.1) is 5.69 Å². The lowest BCUT2D eigenvalue weighted by molar-refractivity contribution is 0.262. The van der Waals surface area contributed by atoms with E-state index in [4.69, 9.17) is 11.6 Å². The van der Waals surface area contributed by atoms with Crippen LogP contribution in [0, 0.1) is 0 Å². The Bertz CT molecular complexity index is 628. The molecule has 2 N–H and O–H groups in total. The van der Waals surface area contributed by atoms with Crippen molar-refractivity contribution >= 4 is 29.1 Å². The first-order valence-electron chi connectivity index (χ1n) is 5.41. The summed E-state index contributed by atoms with van der Waals surface area (Å²) in [5, 5.41) is 5.16. The highest BCUT2D eigenvalue weighted by molar-refractivity contribution is 6.30. The minimum Gasteiger partial charge on any atom is -0.315 e. The monoisotopic (exact) mass is 278 g/mol. The van der Waals surface area contributed by atoms with Gasteiger partial charge in [-0.3, -0.25) is 10.1 Å². The van der Waals surface area contributed by atoms with E-state index in [2.05, 4.69) is 15.6 Å². The van der Waals surface area contributed by atoms with Gasteiger partial charge in [0.2, 0.25) is 0 Å². The summed E-state index contributed by atoms with van der Waals surface area (Å²) in [5.41, 5.74) is 0.0953. The van der Waals surface area contributed by atoms with Crippen molar-refractivity contribution in [3.05, 3.63) is 52.0 Å². The summed E-state index contributed by atoms with van der Waals surface area (Å²) in [6, 6.07) is 6.09. The van der Waals surface area contributed by atoms with Crippen LogP contribution in [0.1, 0.15) is 0 Å². The fourth-order valence-corrected chi connectivity index (χ4v) is 1.71. The van der Waals surface area contributed by atoms with Crippen LogP contribution >= 0.6 is 11.6 Å². The van der Waals surface area contributed by atoms with Gasteiger partial charge in [0.1, 0.15) is 10.8 Å². The second-order valence-electron chi connectivity index (χ2n) is 3.79. The molecule has 0 atom stereocenters. The third kappa shape index (κ3) is 3.32. The van der Waals surface area contributed by atoms with Crippen LogP contribution in [-0.2, 0) is 7.05 Å². The Morgan fingerprint density at radius 1 is 1.37 bits per heavy atom. The third-order valence-electron chi connectivity index (χ3n) is 2.30. The molecule has 0 aromatic carbocycles. The van der Waals surface area contributed by atoms with E-state index < -0.39 is 6.03 Å².